The number of nitrogens with zero attached hydrogens (tertiary/aromatic N) is 3. The molecule has 2 aromatic rings. The lowest BCUT2D eigenvalue weighted by molar-refractivity contribution is 0.395. The van der Waals surface area contributed by atoms with Crippen LogP contribution in [0, 0.1) is 11.3 Å². The molecule has 2 N–H and O–H groups in total. The summed E-state index contributed by atoms with van der Waals surface area (Å²) in [5.41, 5.74) is 14.9. The summed E-state index contributed by atoms with van der Waals surface area (Å²) in [6, 6.07) is 8.79. The highest BCUT2D eigenvalue weighted by atomic mass is 15.1. The van der Waals surface area contributed by atoms with Crippen LogP contribution in [-0.4, -0.2) is 18.6 Å². The van der Waals surface area contributed by atoms with Gasteiger partial charge in [0.05, 0.1) is 5.56 Å². The Morgan fingerprint density at radius 2 is 2.03 bits per heavy atom. The fourth-order valence-corrected chi connectivity index (χ4v) is 5.17. The average molecular weight is 419 g/mol. The van der Waals surface area contributed by atoms with Crippen LogP contribution in [0.15, 0.2) is 18.2 Å². The summed E-state index contributed by atoms with van der Waals surface area (Å²) in [5, 5.41) is 10.0. The number of hydrogen-bond donors (Lipinski definition) is 1. The van der Waals surface area contributed by atoms with Gasteiger partial charge < -0.3 is 10.6 Å². The van der Waals surface area contributed by atoms with Crippen molar-refractivity contribution in [2.24, 2.45) is 0 Å². The smallest absolute Gasteiger partial charge is 0.102 e. The molecule has 0 radical (unpaired) electrons. The number of aryl methyl sites for hydroxylation is 1. The molecule has 0 saturated carbocycles. The largest absolute Gasteiger partial charge is 0.398 e. The zero-order chi connectivity index (χ0) is 22.8. The highest BCUT2D eigenvalue weighted by Gasteiger charge is 2.38. The monoisotopic (exact) mass is 418 g/mol. The number of anilines is 2. The summed E-state index contributed by atoms with van der Waals surface area (Å²) in [4.78, 5) is 7.47. The van der Waals surface area contributed by atoms with E-state index in [1.54, 1.807) is 0 Å². The summed E-state index contributed by atoms with van der Waals surface area (Å²) in [5.74, 6) is 0.391. The Balaban J connectivity index is 2.16. The SMILES string of the molecule is CCCN(C)c1cc(CC)nc2c1CCC(C)(c1c(C(C)CC)ccc(N)c1C#N)C2. The van der Waals surface area contributed by atoms with E-state index in [-0.39, 0.29) is 5.41 Å². The molecular weight excluding hydrogens is 380 g/mol. The summed E-state index contributed by atoms with van der Waals surface area (Å²) in [6.07, 6.45) is 5.92. The molecule has 1 aromatic carbocycles. The van der Waals surface area contributed by atoms with E-state index in [1.165, 1.54) is 22.5 Å². The van der Waals surface area contributed by atoms with E-state index in [0.717, 1.165) is 56.3 Å². The highest BCUT2D eigenvalue weighted by molar-refractivity contribution is 5.64. The molecule has 1 aliphatic rings. The predicted octanol–water partition coefficient (Wildman–Crippen LogP) is 5.90. The molecule has 0 aliphatic heterocycles. The van der Waals surface area contributed by atoms with Gasteiger partial charge in [0.1, 0.15) is 6.07 Å². The number of aromatic nitrogens is 1. The number of fused-ring (bicyclic) bond motifs is 1. The lowest BCUT2D eigenvalue weighted by Gasteiger charge is -2.39. The molecule has 2 unspecified atom stereocenters. The molecule has 166 valence electrons. The predicted molar refractivity (Wildman–Crippen MR) is 131 cm³/mol. The van der Waals surface area contributed by atoms with Crippen LogP contribution in [0.4, 0.5) is 11.4 Å². The first kappa shape index (κ1) is 23.1. The Hall–Kier alpha value is -2.54. The highest BCUT2D eigenvalue weighted by Crippen LogP contribution is 2.45. The fraction of sp³-hybridized carbons (Fsp3) is 0.556. The molecule has 0 bridgehead atoms. The number of hydrogen-bond acceptors (Lipinski definition) is 4. The maximum absolute atomic E-state index is 10.0. The second kappa shape index (κ2) is 9.30. The minimum absolute atomic E-state index is 0.147. The van der Waals surface area contributed by atoms with E-state index in [2.05, 4.69) is 64.8 Å². The van der Waals surface area contributed by atoms with Crippen molar-refractivity contribution in [1.29, 1.82) is 5.26 Å². The Labute approximate surface area is 188 Å². The zero-order valence-electron chi connectivity index (χ0n) is 20.2. The summed E-state index contributed by atoms with van der Waals surface area (Å²) in [7, 11) is 2.19. The van der Waals surface area contributed by atoms with Crippen molar-refractivity contribution in [3.05, 3.63) is 51.8 Å². The van der Waals surface area contributed by atoms with Gasteiger partial charge in [0.15, 0.2) is 0 Å². The van der Waals surface area contributed by atoms with Crippen molar-refractivity contribution in [2.75, 3.05) is 24.2 Å². The van der Waals surface area contributed by atoms with Crippen molar-refractivity contribution in [3.63, 3.8) is 0 Å². The van der Waals surface area contributed by atoms with E-state index < -0.39 is 0 Å². The summed E-state index contributed by atoms with van der Waals surface area (Å²) >= 11 is 0. The molecule has 3 rings (SSSR count). The fourth-order valence-electron chi connectivity index (χ4n) is 5.17. The first-order valence-electron chi connectivity index (χ1n) is 11.8. The van der Waals surface area contributed by atoms with Gasteiger partial charge in [0, 0.05) is 41.8 Å². The molecule has 1 aromatic heterocycles. The average Bonchev–Trinajstić information content (AvgIpc) is 2.77. The molecule has 4 nitrogen and oxygen atoms in total. The number of nitrogen functional groups attached to an aromatic ring is 1. The lowest BCUT2D eigenvalue weighted by Crippen LogP contribution is -2.35. The van der Waals surface area contributed by atoms with Gasteiger partial charge in [-0.15, -0.1) is 0 Å². The maximum Gasteiger partial charge on any atom is 0.102 e. The topological polar surface area (TPSA) is 65.9 Å². The van der Waals surface area contributed by atoms with Gasteiger partial charge in [0.2, 0.25) is 0 Å². The van der Waals surface area contributed by atoms with Crippen LogP contribution >= 0.6 is 0 Å². The Morgan fingerprint density at radius 3 is 2.65 bits per heavy atom. The van der Waals surface area contributed by atoms with Crippen LogP contribution in [0.2, 0.25) is 0 Å². The van der Waals surface area contributed by atoms with Crippen LogP contribution in [0.5, 0.6) is 0 Å². The van der Waals surface area contributed by atoms with E-state index in [1.807, 2.05) is 6.07 Å². The first-order chi connectivity index (χ1) is 14.8. The molecule has 31 heavy (non-hydrogen) atoms. The third-order valence-corrected chi connectivity index (χ3v) is 7.18. The van der Waals surface area contributed by atoms with E-state index >= 15 is 0 Å². The number of nitriles is 1. The Kier molecular flexibility index (Phi) is 6.94. The molecule has 0 spiro atoms. The molecule has 0 saturated heterocycles. The van der Waals surface area contributed by atoms with Crippen LogP contribution < -0.4 is 10.6 Å². The Bertz CT molecular complexity index is 988. The number of nitrogens with two attached hydrogens (primary N) is 1. The van der Waals surface area contributed by atoms with E-state index in [0.29, 0.717) is 17.2 Å². The van der Waals surface area contributed by atoms with Gasteiger partial charge in [-0.25, -0.2) is 0 Å². The molecule has 4 heteroatoms. The van der Waals surface area contributed by atoms with Crippen LogP contribution in [-0.2, 0) is 24.7 Å². The van der Waals surface area contributed by atoms with E-state index in [9.17, 15) is 5.26 Å². The first-order valence-corrected chi connectivity index (χ1v) is 11.8. The van der Waals surface area contributed by atoms with Crippen LogP contribution in [0.3, 0.4) is 0 Å². The molecule has 0 fully saturated rings. The van der Waals surface area contributed by atoms with Crippen molar-refractivity contribution < 1.29 is 0 Å². The standard InChI is InChI=1S/C27H38N4/c1-7-14-31(6)25-15-19(9-3)30-24-16-27(5,13-12-21(24)25)26-20(18(4)8-2)10-11-23(29)22(26)17-28/h10-11,15,18H,7-9,12-14,16,29H2,1-6H3. The Morgan fingerprint density at radius 1 is 1.29 bits per heavy atom. The molecule has 2 atom stereocenters. The second-order valence-electron chi connectivity index (χ2n) is 9.49. The minimum Gasteiger partial charge on any atom is -0.398 e. The third-order valence-electron chi connectivity index (χ3n) is 7.18. The van der Waals surface area contributed by atoms with Crippen molar-refractivity contribution in [3.8, 4) is 6.07 Å². The van der Waals surface area contributed by atoms with Gasteiger partial charge in [0.25, 0.3) is 0 Å². The summed E-state index contributed by atoms with van der Waals surface area (Å²) < 4.78 is 0. The normalized spacial score (nSPS) is 18.9. The minimum atomic E-state index is -0.147. The van der Waals surface area contributed by atoms with Crippen LogP contribution in [0.1, 0.15) is 93.4 Å². The number of benzene rings is 1. The van der Waals surface area contributed by atoms with Gasteiger partial charge in [-0.1, -0.05) is 40.7 Å². The van der Waals surface area contributed by atoms with Crippen molar-refractivity contribution in [1.82, 2.24) is 4.98 Å². The van der Waals surface area contributed by atoms with Gasteiger partial charge in [-0.3, -0.25) is 4.98 Å². The van der Waals surface area contributed by atoms with Crippen molar-refractivity contribution >= 4 is 11.4 Å². The molecular formula is C27H38N4. The van der Waals surface area contributed by atoms with E-state index in [4.69, 9.17) is 10.7 Å². The second-order valence-corrected chi connectivity index (χ2v) is 9.49. The van der Waals surface area contributed by atoms with Gasteiger partial charge in [-0.2, -0.15) is 5.26 Å². The molecule has 1 aliphatic carbocycles. The molecule has 0 amide bonds. The number of rotatable bonds is 7. The zero-order valence-corrected chi connectivity index (χ0v) is 20.2. The summed E-state index contributed by atoms with van der Waals surface area (Å²) in [6.45, 7) is 12.2. The molecule has 1 heterocycles. The van der Waals surface area contributed by atoms with Crippen LogP contribution in [0.25, 0.3) is 0 Å². The lowest BCUT2D eigenvalue weighted by atomic mass is 9.66. The van der Waals surface area contributed by atoms with Gasteiger partial charge in [-0.05, 0) is 73.3 Å². The quantitative estimate of drug-likeness (QED) is 0.568. The maximum atomic E-state index is 10.0. The van der Waals surface area contributed by atoms with Crippen molar-refractivity contribution in [2.45, 2.75) is 84.5 Å². The van der Waals surface area contributed by atoms with Gasteiger partial charge >= 0.3 is 0 Å². The number of pyridine rings is 1. The third kappa shape index (κ3) is 4.28.